The van der Waals surface area contributed by atoms with Gasteiger partial charge in [-0.3, -0.25) is 9.59 Å². The van der Waals surface area contributed by atoms with Crippen LogP contribution in [0.2, 0.25) is 0 Å². The molecule has 5 heteroatoms. The number of hydrogen-bond acceptors (Lipinski definition) is 4. The van der Waals surface area contributed by atoms with E-state index >= 15 is 0 Å². The number of carbonyl (C=O) groups excluding carboxylic acids is 2. The van der Waals surface area contributed by atoms with Crippen molar-refractivity contribution in [2.75, 3.05) is 10.6 Å². The number of amides is 2. The minimum Gasteiger partial charge on any atom is -0.396 e. The van der Waals surface area contributed by atoms with Crippen molar-refractivity contribution in [3.63, 3.8) is 0 Å². The Morgan fingerprint density at radius 3 is 2.67 bits per heavy atom. The van der Waals surface area contributed by atoms with Crippen molar-refractivity contribution >= 4 is 23.3 Å². The molecule has 2 amide bonds. The van der Waals surface area contributed by atoms with Crippen LogP contribution in [0, 0.1) is 5.41 Å². The highest BCUT2D eigenvalue weighted by molar-refractivity contribution is 6.23. The minimum atomic E-state index is -0.471. The Morgan fingerprint density at radius 2 is 2.00 bits per heavy atom. The zero-order chi connectivity index (χ0) is 12.8. The van der Waals surface area contributed by atoms with Gasteiger partial charge >= 0.3 is 0 Å². The molecule has 3 rings (SSSR count). The molecule has 5 nitrogen and oxygen atoms in total. The van der Waals surface area contributed by atoms with E-state index in [9.17, 15) is 9.59 Å². The number of hydrogen-bond donors (Lipinski definition) is 1. The molecule has 1 saturated heterocycles. The van der Waals surface area contributed by atoms with Crippen molar-refractivity contribution in [1.82, 2.24) is 4.98 Å². The second-order valence-corrected chi connectivity index (χ2v) is 5.11. The lowest BCUT2D eigenvalue weighted by Gasteiger charge is -2.20. The third kappa shape index (κ3) is 1.43. The van der Waals surface area contributed by atoms with Gasteiger partial charge in [0.2, 0.25) is 11.8 Å². The first-order valence-corrected chi connectivity index (χ1v) is 6.22. The van der Waals surface area contributed by atoms with E-state index in [0.717, 1.165) is 25.7 Å². The Morgan fingerprint density at radius 1 is 1.28 bits per heavy atom. The summed E-state index contributed by atoms with van der Waals surface area (Å²) < 4.78 is 0. The number of aromatic nitrogens is 1. The highest BCUT2D eigenvalue weighted by atomic mass is 16.2. The van der Waals surface area contributed by atoms with Crippen molar-refractivity contribution < 1.29 is 9.59 Å². The Labute approximate surface area is 105 Å². The molecule has 0 unspecified atom stereocenters. The molecule has 0 bridgehead atoms. The lowest BCUT2D eigenvalue weighted by Crippen LogP contribution is -2.35. The Hall–Kier alpha value is -1.91. The van der Waals surface area contributed by atoms with Gasteiger partial charge in [0.25, 0.3) is 0 Å². The summed E-state index contributed by atoms with van der Waals surface area (Å²) in [5.41, 5.74) is 5.70. The van der Waals surface area contributed by atoms with Crippen LogP contribution in [-0.4, -0.2) is 16.8 Å². The quantitative estimate of drug-likeness (QED) is 0.760. The number of nitrogens with zero attached hydrogens (tertiary/aromatic N) is 2. The predicted molar refractivity (Wildman–Crippen MR) is 66.7 cm³/mol. The van der Waals surface area contributed by atoms with Crippen LogP contribution in [-0.2, 0) is 9.59 Å². The summed E-state index contributed by atoms with van der Waals surface area (Å²) in [5, 5.41) is 0. The largest absolute Gasteiger partial charge is 0.396 e. The van der Waals surface area contributed by atoms with Gasteiger partial charge in [0, 0.05) is 12.6 Å². The third-order valence-corrected chi connectivity index (χ3v) is 3.99. The number of imide groups is 1. The van der Waals surface area contributed by atoms with Crippen LogP contribution in [0.25, 0.3) is 0 Å². The summed E-state index contributed by atoms with van der Waals surface area (Å²) >= 11 is 0. The molecule has 1 spiro atoms. The van der Waals surface area contributed by atoms with Crippen molar-refractivity contribution in [2.45, 2.75) is 32.1 Å². The fraction of sp³-hybridized carbons (Fsp3) is 0.462. The maximum Gasteiger partial charge on any atom is 0.241 e. The van der Waals surface area contributed by atoms with Crippen molar-refractivity contribution in [3.8, 4) is 0 Å². The molecule has 1 aliphatic carbocycles. The van der Waals surface area contributed by atoms with Crippen LogP contribution in [0.15, 0.2) is 18.3 Å². The third-order valence-electron chi connectivity index (χ3n) is 3.99. The Kier molecular flexibility index (Phi) is 2.36. The van der Waals surface area contributed by atoms with E-state index in [4.69, 9.17) is 5.73 Å². The molecule has 2 aliphatic rings. The fourth-order valence-corrected chi connectivity index (χ4v) is 3.05. The molecule has 2 N–H and O–H groups in total. The van der Waals surface area contributed by atoms with Crippen molar-refractivity contribution in [1.29, 1.82) is 0 Å². The van der Waals surface area contributed by atoms with Crippen molar-refractivity contribution in [2.24, 2.45) is 5.41 Å². The van der Waals surface area contributed by atoms with Crippen LogP contribution in [0.4, 0.5) is 11.5 Å². The molecule has 18 heavy (non-hydrogen) atoms. The average molecular weight is 245 g/mol. The van der Waals surface area contributed by atoms with E-state index < -0.39 is 5.41 Å². The zero-order valence-corrected chi connectivity index (χ0v) is 10.1. The normalized spacial score (nSPS) is 22.1. The summed E-state index contributed by atoms with van der Waals surface area (Å²) in [6, 6.07) is 3.34. The van der Waals surface area contributed by atoms with Gasteiger partial charge in [0.1, 0.15) is 0 Å². The monoisotopic (exact) mass is 245 g/mol. The lowest BCUT2D eigenvalue weighted by molar-refractivity contribution is -0.125. The first-order chi connectivity index (χ1) is 8.64. The van der Waals surface area contributed by atoms with Gasteiger partial charge < -0.3 is 5.73 Å². The van der Waals surface area contributed by atoms with Gasteiger partial charge in [0.15, 0.2) is 5.82 Å². The number of nitrogens with two attached hydrogens (primary N) is 1. The molecule has 94 valence electrons. The van der Waals surface area contributed by atoms with Gasteiger partial charge in [-0.05, 0) is 25.0 Å². The molecular weight excluding hydrogens is 230 g/mol. The Balaban J connectivity index is 2.01. The first-order valence-electron chi connectivity index (χ1n) is 6.22. The summed E-state index contributed by atoms with van der Waals surface area (Å²) in [6.07, 6.45) is 5.50. The molecule has 0 radical (unpaired) electrons. The molecule has 1 aromatic rings. The van der Waals surface area contributed by atoms with E-state index in [1.807, 2.05) is 0 Å². The second-order valence-electron chi connectivity index (χ2n) is 5.11. The van der Waals surface area contributed by atoms with E-state index in [1.54, 1.807) is 18.3 Å². The highest BCUT2D eigenvalue weighted by Crippen LogP contribution is 2.48. The summed E-state index contributed by atoms with van der Waals surface area (Å²) in [7, 11) is 0. The fourth-order valence-electron chi connectivity index (χ4n) is 3.05. The highest BCUT2D eigenvalue weighted by Gasteiger charge is 2.53. The summed E-state index contributed by atoms with van der Waals surface area (Å²) in [5.74, 6) is -0.000949. The van der Waals surface area contributed by atoms with Crippen LogP contribution in [0.5, 0.6) is 0 Å². The van der Waals surface area contributed by atoms with Crippen LogP contribution >= 0.6 is 0 Å². The predicted octanol–water partition coefficient (Wildman–Crippen LogP) is 1.49. The molecule has 0 atom stereocenters. The van der Waals surface area contributed by atoms with Crippen LogP contribution in [0.3, 0.4) is 0 Å². The summed E-state index contributed by atoms with van der Waals surface area (Å²) in [4.78, 5) is 29.9. The molecule has 2 fully saturated rings. The van der Waals surface area contributed by atoms with E-state index in [2.05, 4.69) is 4.98 Å². The lowest BCUT2D eigenvalue weighted by atomic mass is 9.84. The maximum absolute atomic E-state index is 12.5. The number of nitrogen functional groups attached to an aromatic ring is 1. The van der Waals surface area contributed by atoms with Gasteiger partial charge in [0.05, 0.1) is 11.1 Å². The Bertz CT molecular complexity index is 521. The number of pyridine rings is 1. The molecule has 1 aromatic heterocycles. The molecule has 1 aliphatic heterocycles. The van der Waals surface area contributed by atoms with Gasteiger partial charge in [-0.25, -0.2) is 9.88 Å². The smallest absolute Gasteiger partial charge is 0.241 e. The average Bonchev–Trinajstić information content (AvgIpc) is 2.89. The SMILES string of the molecule is Nc1cccnc1N1C(=O)CC2(CCCC2)C1=O. The summed E-state index contributed by atoms with van der Waals surface area (Å²) in [6.45, 7) is 0. The zero-order valence-electron chi connectivity index (χ0n) is 10.1. The molecular formula is C13H15N3O2. The van der Waals surface area contributed by atoms with E-state index in [0.29, 0.717) is 12.1 Å². The first kappa shape index (κ1) is 11.2. The molecule has 0 aromatic carbocycles. The number of carbonyl (C=O) groups is 2. The van der Waals surface area contributed by atoms with Gasteiger partial charge in [-0.1, -0.05) is 12.8 Å². The standard InChI is InChI=1S/C13H15N3O2/c14-9-4-3-7-15-11(9)16-10(17)8-13(12(16)18)5-1-2-6-13/h3-4,7H,1-2,5-6,8,14H2. The minimum absolute atomic E-state index is 0.115. The number of rotatable bonds is 1. The second kappa shape index (κ2) is 3.80. The van der Waals surface area contributed by atoms with Crippen molar-refractivity contribution in [3.05, 3.63) is 18.3 Å². The topological polar surface area (TPSA) is 76.3 Å². The van der Waals surface area contributed by atoms with E-state index in [-0.39, 0.29) is 17.6 Å². The van der Waals surface area contributed by atoms with Gasteiger partial charge in [-0.2, -0.15) is 0 Å². The molecule has 2 heterocycles. The van der Waals surface area contributed by atoms with Gasteiger partial charge in [-0.15, -0.1) is 0 Å². The number of anilines is 2. The molecule has 1 saturated carbocycles. The van der Waals surface area contributed by atoms with E-state index in [1.165, 1.54) is 4.90 Å². The van der Waals surface area contributed by atoms with Crippen LogP contribution in [0.1, 0.15) is 32.1 Å². The van der Waals surface area contributed by atoms with Crippen LogP contribution < -0.4 is 10.6 Å². The maximum atomic E-state index is 12.5.